The van der Waals surface area contributed by atoms with E-state index in [0.29, 0.717) is 16.8 Å². The Hall–Kier alpha value is -2.23. The normalized spacial score (nSPS) is 18.4. The zero-order valence-corrected chi connectivity index (χ0v) is 14.1. The van der Waals surface area contributed by atoms with Crippen molar-refractivity contribution in [3.05, 3.63) is 47.9 Å². The fourth-order valence-corrected chi connectivity index (χ4v) is 2.50. The van der Waals surface area contributed by atoms with Gasteiger partial charge < -0.3 is 9.31 Å². The largest absolute Gasteiger partial charge is 0.499 e. The van der Waals surface area contributed by atoms with Gasteiger partial charge >= 0.3 is 7.12 Å². The topological polar surface area (TPSA) is 55.1 Å². The van der Waals surface area contributed by atoms with E-state index in [1.54, 1.807) is 36.4 Å². The number of benzene rings is 1. The lowest BCUT2D eigenvalue weighted by atomic mass is 9.80. The first-order valence-electron chi connectivity index (χ1n) is 7.76. The van der Waals surface area contributed by atoms with Crippen LogP contribution in [-0.2, 0) is 9.31 Å². The van der Waals surface area contributed by atoms with Gasteiger partial charge in [0.1, 0.15) is 0 Å². The molecule has 4 nitrogen and oxygen atoms in total. The Morgan fingerprint density at radius 2 is 1.75 bits per heavy atom. The Morgan fingerprint density at radius 3 is 2.33 bits per heavy atom. The standard InChI is InChI=1S/C18H18BFN2O2/c1-17(2)18(3,4)24-19(23-17)14-8-9-15(22-16(14)20)13-7-5-6-12(10-13)11-21/h5-10H,1-4H3. The maximum absolute atomic E-state index is 14.5. The van der Waals surface area contributed by atoms with E-state index in [-0.39, 0.29) is 5.46 Å². The Labute approximate surface area is 141 Å². The predicted octanol–water partition coefficient (Wildman–Crippen LogP) is 3.06. The molecule has 0 atom stereocenters. The van der Waals surface area contributed by atoms with Crippen molar-refractivity contribution in [2.24, 2.45) is 0 Å². The van der Waals surface area contributed by atoms with Crippen LogP contribution in [0.2, 0.25) is 0 Å². The molecule has 0 amide bonds. The molecule has 1 aliphatic heterocycles. The van der Waals surface area contributed by atoms with Crippen molar-refractivity contribution in [3.63, 3.8) is 0 Å². The smallest absolute Gasteiger partial charge is 0.399 e. The van der Waals surface area contributed by atoms with Crippen LogP contribution in [0.3, 0.4) is 0 Å². The van der Waals surface area contributed by atoms with Crippen LogP contribution in [0, 0.1) is 17.3 Å². The lowest BCUT2D eigenvalue weighted by Crippen LogP contribution is -2.41. The van der Waals surface area contributed by atoms with Gasteiger partial charge in [0.05, 0.1) is 28.5 Å². The summed E-state index contributed by atoms with van der Waals surface area (Å²) < 4.78 is 26.3. The quantitative estimate of drug-likeness (QED) is 0.629. The van der Waals surface area contributed by atoms with E-state index in [9.17, 15) is 4.39 Å². The lowest BCUT2D eigenvalue weighted by Gasteiger charge is -2.32. The van der Waals surface area contributed by atoms with E-state index in [1.165, 1.54) is 0 Å². The molecule has 1 fully saturated rings. The van der Waals surface area contributed by atoms with Gasteiger partial charge in [-0.3, -0.25) is 0 Å². The molecule has 0 unspecified atom stereocenters. The molecule has 0 aliphatic carbocycles. The summed E-state index contributed by atoms with van der Waals surface area (Å²) in [6.45, 7) is 7.67. The molecule has 1 aromatic carbocycles. The Balaban J connectivity index is 1.93. The third-order valence-electron chi connectivity index (χ3n) is 4.67. The minimum absolute atomic E-state index is 0.272. The molecule has 2 heterocycles. The summed E-state index contributed by atoms with van der Waals surface area (Å²) in [5.74, 6) is -0.631. The number of hydrogen-bond acceptors (Lipinski definition) is 4. The maximum atomic E-state index is 14.5. The molecular formula is C18H18BFN2O2. The monoisotopic (exact) mass is 324 g/mol. The summed E-state index contributed by atoms with van der Waals surface area (Å²) in [6, 6.07) is 12.3. The minimum Gasteiger partial charge on any atom is -0.399 e. The Morgan fingerprint density at radius 1 is 1.08 bits per heavy atom. The lowest BCUT2D eigenvalue weighted by molar-refractivity contribution is 0.00578. The van der Waals surface area contributed by atoms with Crippen molar-refractivity contribution in [1.82, 2.24) is 4.98 Å². The van der Waals surface area contributed by atoms with E-state index in [1.807, 2.05) is 27.7 Å². The minimum atomic E-state index is -0.790. The van der Waals surface area contributed by atoms with Crippen LogP contribution in [0.1, 0.15) is 33.3 Å². The molecule has 2 aromatic rings. The summed E-state index contributed by atoms with van der Waals surface area (Å²) in [5, 5.41) is 8.97. The molecule has 6 heteroatoms. The van der Waals surface area contributed by atoms with Crippen molar-refractivity contribution in [2.75, 3.05) is 0 Å². The van der Waals surface area contributed by atoms with Crippen LogP contribution >= 0.6 is 0 Å². The van der Waals surface area contributed by atoms with Crippen molar-refractivity contribution >= 4 is 12.6 Å². The number of halogens is 1. The number of hydrogen-bond donors (Lipinski definition) is 0. The van der Waals surface area contributed by atoms with Crippen LogP contribution in [0.4, 0.5) is 4.39 Å². The van der Waals surface area contributed by atoms with E-state index >= 15 is 0 Å². The molecule has 0 saturated carbocycles. The second kappa shape index (κ2) is 5.69. The first-order chi connectivity index (χ1) is 11.2. The number of nitrogens with zero attached hydrogens (tertiary/aromatic N) is 2. The highest BCUT2D eigenvalue weighted by Crippen LogP contribution is 2.36. The van der Waals surface area contributed by atoms with Gasteiger partial charge in [-0.1, -0.05) is 18.2 Å². The SMILES string of the molecule is CC1(C)OB(c2ccc(-c3cccc(C#N)c3)nc2F)OC1(C)C. The summed E-state index contributed by atoms with van der Waals surface area (Å²) in [7, 11) is -0.790. The van der Waals surface area contributed by atoms with Gasteiger partial charge in [-0.25, -0.2) is 4.98 Å². The zero-order chi connectivity index (χ0) is 17.5. The predicted molar refractivity (Wildman–Crippen MR) is 90.1 cm³/mol. The zero-order valence-electron chi connectivity index (χ0n) is 14.1. The average molecular weight is 324 g/mol. The van der Waals surface area contributed by atoms with Crippen LogP contribution in [-0.4, -0.2) is 23.3 Å². The molecule has 1 aromatic heterocycles. The van der Waals surface area contributed by atoms with Gasteiger partial charge in [0.25, 0.3) is 0 Å². The molecule has 1 aliphatic rings. The second-order valence-electron chi connectivity index (χ2n) is 6.86. The van der Waals surface area contributed by atoms with E-state index in [2.05, 4.69) is 11.1 Å². The highest BCUT2D eigenvalue weighted by Gasteiger charge is 2.52. The van der Waals surface area contributed by atoms with Gasteiger partial charge in [0.2, 0.25) is 5.95 Å². The van der Waals surface area contributed by atoms with E-state index in [0.717, 1.165) is 0 Å². The van der Waals surface area contributed by atoms with Crippen LogP contribution < -0.4 is 5.46 Å². The molecule has 122 valence electrons. The molecular weight excluding hydrogens is 306 g/mol. The summed E-state index contributed by atoms with van der Waals surface area (Å²) in [4.78, 5) is 4.02. The highest BCUT2D eigenvalue weighted by molar-refractivity contribution is 6.62. The summed E-state index contributed by atoms with van der Waals surface area (Å²) in [5.41, 5.74) is 0.852. The molecule has 3 rings (SSSR count). The molecule has 0 N–H and O–H groups in total. The average Bonchev–Trinajstić information content (AvgIpc) is 2.75. The summed E-state index contributed by atoms with van der Waals surface area (Å²) >= 11 is 0. The molecule has 0 radical (unpaired) electrons. The van der Waals surface area contributed by atoms with E-state index < -0.39 is 24.3 Å². The van der Waals surface area contributed by atoms with Crippen LogP contribution in [0.5, 0.6) is 0 Å². The molecule has 0 spiro atoms. The van der Waals surface area contributed by atoms with Gasteiger partial charge in [-0.05, 0) is 45.9 Å². The van der Waals surface area contributed by atoms with Crippen molar-refractivity contribution < 1.29 is 13.7 Å². The third kappa shape index (κ3) is 2.81. The fraction of sp³-hybridized carbons (Fsp3) is 0.333. The van der Waals surface area contributed by atoms with Crippen molar-refractivity contribution in [1.29, 1.82) is 5.26 Å². The second-order valence-corrected chi connectivity index (χ2v) is 6.86. The Kier molecular flexibility index (Phi) is 3.94. The molecule has 1 saturated heterocycles. The first-order valence-corrected chi connectivity index (χ1v) is 7.76. The van der Waals surface area contributed by atoms with Crippen molar-refractivity contribution in [3.8, 4) is 17.3 Å². The van der Waals surface area contributed by atoms with Crippen LogP contribution in [0.25, 0.3) is 11.3 Å². The van der Waals surface area contributed by atoms with Crippen molar-refractivity contribution in [2.45, 2.75) is 38.9 Å². The number of aromatic nitrogens is 1. The van der Waals surface area contributed by atoms with Gasteiger partial charge in [-0.2, -0.15) is 9.65 Å². The third-order valence-corrected chi connectivity index (χ3v) is 4.67. The maximum Gasteiger partial charge on any atom is 0.499 e. The number of pyridine rings is 1. The number of nitriles is 1. The van der Waals surface area contributed by atoms with E-state index in [4.69, 9.17) is 14.6 Å². The fourth-order valence-electron chi connectivity index (χ4n) is 2.50. The van der Waals surface area contributed by atoms with Gasteiger partial charge in [0.15, 0.2) is 0 Å². The van der Waals surface area contributed by atoms with Crippen LogP contribution in [0.15, 0.2) is 36.4 Å². The molecule has 0 bridgehead atoms. The van der Waals surface area contributed by atoms with Gasteiger partial charge in [-0.15, -0.1) is 0 Å². The highest BCUT2D eigenvalue weighted by atomic mass is 19.1. The first kappa shape index (κ1) is 16.6. The Bertz CT molecular complexity index is 814. The van der Waals surface area contributed by atoms with Gasteiger partial charge in [0, 0.05) is 11.0 Å². The number of rotatable bonds is 2. The summed E-state index contributed by atoms with van der Waals surface area (Å²) in [6.07, 6.45) is 0. The molecule has 24 heavy (non-hydrogen) atoms.